The lowest BCUT2D eigenvalue weighted by molar-refractivity contribution is -0.126. The smallest absolute Gasteiger partial charge is 0.368 e. The molecule has 4 aromatic rings. The standard InChI is InChI=1S/C35H44F3N9O2S2/c1-22(45-10-6-27(7-11-45)51(48,49)41-3)18-47-25(17-39)14-28-23(2)24(4-5-30(28)47)19-44-12-8-34(20-44)9-13-46(21-34)31-29-15-26(16-35(36,37)38)50-32(29)43-33(40)42-31/h4-5,14-15,22,27,41H,6-13,16,18-21H2,1-3H3,(H2,40,42,43)/t22-,34?/m0/s1. The van der Waals surface area contributed by atoms with Crippen molar-refractivity contribution in [3.63, 3.8) is 0 Å². The summed E-state index contributed by atoms with van der Waals surface area (Å²) in [5.41, 5.74) is 10.1. The molecule has 3 aliphatic heterocycles. The van der Waals surface area contributed by atoms with E-state index in [-0.39, 0.29) is 27.5 Å². The monoisotopic (exact) mass is 743 g/mol. The molecule has 51 heavy (non-hydrogen) atoms. The lowest BCUT2D eigenvalue weighted by Gasteiger charge is -2.36. The second-order valence-electron chi connectivity index (χ2n) is 14.6. The van der Waals surface area contributed by atoms with Crippen LogP contribution in [0, 0.1) is 23.7 Å². The van der Waals surface area contributed by atoms with Crippen LogP contribution in [-0.4, -0.2) is 96.5 Å². The molecule has 11 nitrogen and oxygen atoms in total. The maximum atomic E-state index is 13.1. The van der Waals surface area contributed by atoms with Crippen molar-refractivity contribution in [2.45, 2.75) is 76.5 Å². The second kappa shape index (κ2) is 13.5. The normalized spacial score (nSPS) is 21.8. The molecule has 1 unspecified atom stereocenters. The van der Waals surface area contributed by atoms with E-state index in [0.717, 1.165) is 73.4 Å². The van der Waals surface area contributed by atoms with Gasteiger partial charge in [0.25, 0.3) is 0 Å². The number of nitrogens with two attached hydrogens (primary N) is 1. The van der Waals surface area contributed by atoms with E-state index in [2.05, 4.69) is 66.0 Å². The minimum Gasteiger partial charge on any atom is -0.368 e. The van der Waals surface area contributed by atoms with E-state index in [9.17, 15) is 26.9 Å². The predicted molar refractivity (Wildman–Crippen MR) is 194 cm³/mol. The number of nitrogen functional groups attached to an aromatic ring is 1. The van der Waals surface area contributed by atoms with Gasteiger partial charge < -0.3 is 15.2 Å². The Balaban J connectivity index is 1.03. The summed E-state index contributed by atoms with van der Waals surface area (Å²) < 4.78 is 68.6. The van der Waals surface area contributed by atoms with Crippen LogP contribution < -0.4 is 15.4 Å². The summed E-state index contributed by atoms with van der Waals surface area (Å²) in [6.07, 6.45) is -2.14. The van der Waals surface area contributed by atoms with Crippen LogP contribution in [0.1, 0.15) is 54.3 Å². The average molecular weight is 744 g/mol. The molecule has 274 valence electrons. The van der Waals surface area contributed by atoms with Crippen LogP contribution in [0.25, 0.3) is 21.1 Å². The number of aromatic nitrogens is 3. The molecule has 3 aliphatic rings. The molecule has 0 saturated carbocycles. The maximum absolute atomic E-state index is 13.1. The number of aryl methyl sites for hydroxylation is 1. The molecule has 0 amide bonds. The third-order valence-corrected chi connectivity index (χ3v) is 14.3. The van der Waals surface area contributed by atoms with Crippen LogP contribution in [0.15, 0.2) is 24.3 Å². The molecule has 1 aromatic carbocycles. The number of hydrogen-bond donors (Lipinski definition) is 2. The SMILES string of the molecule is CNS(=O)(=O)C1CCN([C@@H](C)Cn2c(C#N)cc3c(C)c(CN4CCC5(CCN(c6nc(N)nc7sc(CC(F)(F)F)cc67)C5)C4)ccc32)CC1. The topological polar surface area (TPSA) is 136 Å². The van der Waals surface area contributed by atoms with Crippen molar-refractivity contribution in [2.75, 3.05) is 56.9 Å². The number of fused-ring (bicyclic) bond motifs is 2. The molecule has 3 aromatic heterocycles. The number of piperidine rings is 1. The van der Waals surface area contributed by atoms with Gasteiger partial charge in [-0.3, -0.25) is 9.80 Å². The molecular formula is C35H44F3N9O2S2. The molecule has 6 heterocycles. The highest BCUT2D eigenvalue weighted by Gasteiger charge is 2.44. The number of hydrogen-bond acceptors (Lipinski definition) is 10. The molecule has 16 heteroatoms. The van der Waals surface area contributed by atoms with Crippen LogP contribution >= 0.6 is 11.3 Å². The van der Waals surface area contributed by atoms with E-state index >= 15 is 0 Å². The van der Waals surface area contributed by atoms with Gasteiger partial charge in [-0.05, 0) is 95.5 Å². The molecule has 0 aliphatic carbocycles. The lowest BCUT2D eigenvalue weighted by Crippen LogP contribution is -2.46. The fourth-order valence-corrected chi connectivity index (χ4v) is 10.7. The number of anilines is 2. The van der Waals surface area contributed by atoms with Gasteiger partial charge in [0.1, 0.15) is 22.4 Å². The van der Waals surface area contributed by atoms with Crippen LogP contribution in [0.3, 0.4) is 0 Å². The van der Waals surface area contributed by atoms with E-state index in [1.54, 1.807) is 6.07 Å². The van der Waals surface area contributed by atoms with Gasteiger partial charge in [0.2, 0.25) is 16.0 Å². The Morgan fingerprint density at radius 1 is 1.12 bits per heavy atom. The minimum absolute atomic E-state index is 0.0496. The van der Waals surface area contributed by atoms with E-state index in [1.807, 2.05) is 6.07 Å². The number of alkyl halides is 3. The number of nitrogens with zero attached hydrogens (tertiary/aromatic N) is 7. The Bertz CT molecular complexity index is 2100. The number of sulfonamides is 1. The zero-order valence-corrected chi connectivity index (χ0v) is 30.8. The summed E-state index contributed by atoms with van der Waals surface area (Å²) in [7, 11) is -1.81. The van der Waals surface area contributed by atoms with Gasteiger partial charge in [0.05, 0.1) is 17.1 Å². The summed E-state index contributed by atoms with van der Waals surface area (Å²) in [6, 6.07) is 10.4. The largest absolute Gasteiger partial charge is 0.393 e. The van der Waals surface area contributed by atoms with Gasteiger partial charge >= 0.3 is 6.18 Å². The number of likely N-dealkylation sites (tertiary alicyclic amines) is 2. The van der Waals surface area contributed by atoms with Gasteiger partial charge in [0.15, 0.2) is 0 Å². The number of nitrogens with one attached hydrogen (secondary N) is 1. The zero-order valence-electron chi connectivity index (χ0n) is 29.1. The third-order valence-electron chi connectivity index (χ3n) is 11.3. The summed E-state index contributed by atoms with van der Waals surface area (Å²) >= 11 is 1.03. The third kappa shape index (κ3) is 7.15. The second-order valence-corrected chi connectivity index (χ2v) is 17.9. The average Bonchev–Trinajstić information content (AvgIpc) is 3.87. The number of benzene rings is 1. The maximum Gasteiger partial charge on any atom is 0.393 e. The first kappa shape index (κ1) is 35.9. The molecular weight excluding hydrogens is 700 g/mol. The number of halogens is 3. The molecule has 0 bridgehead atoms. The zero-order chi connectivity index (χ0) is 36.3. The van der Waals surface area contributed by atoms with Crippen LogP contribution in [0.5, 0.6) is 0 Å². The van der Waals surface area contributed by atoms with Crippen molar-refractivity contribution >= 4 is 54.2 Å². The Morgan fingerprint density at radius 2 is 1.86 bits per heavy atom. The van der Waals surface area contributed by atoms with Crippen LogP contribution in [0.2, 0.25) is 0 Å². The lowest BCUT2D eigenvalue weighted by atomic mass is 9.86. The quantitative estimate of drug-likeness (QED) is 0.242. The summed E-state index contributed by atoms with van der Waals surface area (Å²) in [4.78, 5) is 16.4. The molecule has 0 radical (unpaired) electrons. The van der Waals surface area contributed by atoms with Crippen molar-refractivity contribution in [1.82, 2.24) is 29.1 Å². The first-order valence-corrected chi connectivity index (χ1v) is 19.8. The van der Waals surface area contributed by atoms with Crippen molar-refractivity contribution in [3.8, 4) is 6.07 Å². The Kier molecular flexibility index (Phi) is 9.49. The first-order valence-electron chi connectivity index (χ1n) is 17.5. The van der Waals surface area contributed by atoms with Gasteiger partial charge in [-0.25, -0.2) is 18.1 Å². The number of thiophene rings is 1. The summed E-state index contributed by atoms with van der Waals surface area (Å²) in [5.74, 6) is 0.695. The molecule has 3 fully saturated rings. The molecule has 1 spiro atoms. The van der Waals surface area contributed by atoms with Gasteiger partial charge in [-0.2, -0.15) is 23.4 Å². The van der Waals surface area contributed by atoms with Gasteiger partial charge in [-0.1, -0.05) is 6.07 Å². The molecule has 2 atom stereocenters. The minimum atomic E-state index is -4.30. The van der Waals surface area contributed by atoms with Crippen molar-refractivity contribution in [1.29, 1.82) is 5.26 Å². The van der Waals surface area contributed by atoms with Gasteiger partial charge in [-0.15, -0.1) is 11.3 Å². The fourth-order valence-electron chi connectivity index (χ4n) is 8.51. The van der Waals surface area contributed by atoms with Crippen LogP contribution in [0.4, 0.5) is 24.9 Å². The van der Waals surface area contributed by atoms with Crippen molar-refractivity contribution in [2.24, 2.45) is 5.41 Å². The first-order chi connectivity index (χ1) is 24.2. The fraction of sp³-hybridized carbons (Fsp3) is 0.571. The highest BCUT2D eigenvalue weighted by molar-refractivity contribution is 7.90. The van der Waals surface area contributed by atoms with E-state index in [4.69, 9.17) is 5.73 Å². The van der Waals surface area contributed by atoms with Crippen LogP contribution in [-0.2, 0) is 29.5 Å². The number of rotatable bonds is 9. The highest BCUT2D eigenvalue weighted by Crippen LogP contribution is 2.44. The van der Waals surface area contributed by atoms with Crippen molar-refractivity contribution < 1.29 is 21.6 Å². The van der Waals surface area contributed by atoms with Gasteiger partial charge in [0, 0.05) is 60.0 Å². The number of nitriles is 1. The Hall–Kier alpha value is -3.49. The highest BCUT2D eigenvalue weighted by atomic mass is 32.2. The summed E-state index contributed by atoms with van der Waals surface area (Å²) in [6.45, 7) is 10.4. The van der Waals surface area contributed by atoms with E-state index < -0.39 is 22.6 Å². The molecule has 3 saturated heterocycles. The van der Waals surface area contributed by atoms with E-state index in [1.165, 1.54) is 12.6 Å². The Labute approximate surface area is 300 Å². The van der Waals surface area contributed by atoms with E-state index in [0.29, 0.717) is 54.2 Å². The molecule has 7 rings (SSSR count). The Morgan fingerprint density at radius 3 is 2.57 bits per heavy atom. The summed E-state index contributed by atoms with van der Waals surface area (Å²) in [5, 5.41) is 11.4. The van der Waals surface area contributed by atoms with Crippen molar-refractivity contribution in [3.05, 3.63) is 46.0 Å². The predicted octanol–water partition coefficient (Wildman–Crippen LogP) is 5.02. The molecule has 3 N–H and O–H groups in total.